The summed E-state index contributed by atoms with van der Waals surface area (Å²) in [5, 5.41) is 13.9. The molecule has 2 heterocycles. The SMILES string of the molecule is CCN1CC[C@H](CO)c2cc(-c3cnn(C)c3)ccc21. The maximum absolute atomic E-state index is 9.63. The lowest BCUT2D eigenvalue weighted by Gasteiger charge is -2.34. The fourth-order valence-electron chi connectivity index (χ4n) is 3.03. The lowest BCUT2D eigenvalue weighted by Crippen LogP contribution is -2.31. The highest BCUT2D eigenvalue weighted by molar-refractivity contribution is 5.69. The van der Waals surface area contributed by atoms with E-state index in [1.165, 1.54) is 16.8 Å². The van der Waals surface area contributed by atoms with Crippen molar-refractivity contribution in [2.45, 2.75) is 19.3 Å². The minimum Gasteiger partial charge on any atom is -0.396 e. The Bertz CT molecular complexity index is 606. The average molecular weight is 271 g/mol. The Labute approximate surface area is 119 Å². The molecule has 0 radical (unpaired) electrons. The summed E-state index contributed by atoms with van der Waals surface area (Å²) in [5.74, 6) is 0.254. The summed E-state index contributed by atoms with van der Waals surface area (Å²) in [6.45, 7) is 4.44. The number of anilines is 1. The molecular weight excluding hydrogens is 250 g/mol. The van der Waals surface area contributed by atoms with E-state index in [9.17, 15) is 5.11 Å². The number of hydrogen-bond donors (Lipinski definition) is 1. The fourth-order valence-corrected chi connectivity index (χ4v) is 3.03. The van der Waals surface area contributed by atoms with Crippen LogP contribution in [-0.2, 0) is 7.05 Å². The summed E-state index contributed by atoms with van der Waals surface area (Å²) in [5.41, 5.74) is 4.83. The van der Waals surface area contributed by atoms with E-state index >= 15 is 0 Å². The molecule has 4 nitrogen and oxygen atoms in total. The zero-order valence-electron chi connectivity index (χ0n) is 12.1. The Hall–Kier alpha value is -1.81. The van der Waals surface area contributed by atoms with E-state index in [0.29, 0.717) is 0 Å². The highest BCUT2D eigenvalue weighted by Gasteiger charge is 2.24. The monoisotopic (exact) mass is 271 g/mol. The Kier molecular flexibility index (Phi) is 3.49. The van der Waals surface area contributed by atoms with Gasteiger partial charge in [-0.1, -0.05) is 6.07 Å². The van der Waals surface area contributed by atoms with Gasteiger partial charge in [0.1, 0.15) is 0 Å². The third kappa shape index (κ3) is 2.20. The van der Waals surface area contributed by atoms with E-state index in [1.807, 2.05) is 24.1 Å². The molecule has 1 aliphatic rings. The molecule has 0 fully saturated rings. The summed E-state index contributed by atoms with van der Waals surface area (Å²) in [4.78, 5) is 2.38. The molecule has 0 spiro atoms. The van der Waals surface area contributed by atoms with Gasteiger partial charge in [0, 0.05) is 43.5 Å². The molecule has 1 aliphatic heterocycles. The Balaban J connectivity index is 2.05. The van der Waals surface area contributed by atoms with E-state index in [4.69, 9.17) is 0 Å². The molecule has 1 aromatic carbocycles. The molecule has 4 heteroatoms. The number of hydrogen-bond acceptors (Lipinski definition) is 3. The minimum atomic E-state index is 0.223. The van der Waals surface area contributed by atoms with Crippen LogP contribution < -0.4 is 4.90 Å². The summed E-state index contributed by atoms with van der Waals surface area (Å²) >= 11 is 0. The van der Waals surface area contributed by atoms with Crippen LogP contribution >= 0.6 is 0 Å². The number of aryl methyl sites for hydroxylation is 1. The maximum atomic E-state index is 9.63. The molecule has 3 rings (SSSR count). The molecule has 0 saturated carbocycles. The van der Waals surface area contributed by atoms with Gasteiger partial charge in [0.15, 0.2) is 0 Å². The van der Waals surface area contributed by atoms with Gasteiger partial charge in [-0.15, -0.1) is 0 Å². The normalized spacial score (nSPS) is 18.1. The molecule has 0 amide bonds. The van der Waals surface area contributed by atoms with Crippen LogP contribution in [-0.4, -0.2) is 34.6 Å². The summed E-state index contributed by atoms with van der Waals surface area (Å²) in [6, 6.07) is 6.55. The topological polar surface area (TPSA) is 41.3 Å². The smallest absolute Gasteiger partial charge is 0.0568 e. The number of aliphatic hydroxyl groups is 1. The Morgan fingerprint density at radius 1 is 1.35 bits per heavy atom. The number of rotatable bonds is 3. The second-order valence-electron chi connectivity index (χ2n) is 5.42. The van der Waals surface area contributed by atoms with Crippen molar-refractivity contribution in [2.24, 2.45) is 7.05 Å². The minimum absolute atomic E-state index is 0.223. The Morgan fingerprint density at radius 2 is 2.20 bits per heavy atom. The van der Waals surface area contributed by atoms with Crippen LogP contribution in [0, 0.1) is 0 Å². The number of fused-ring (bicyclic) bond motifs is 1. The van der Waals surface area contributed by atoms with Crippen molar-refractivity contribution in [1.29, 1.82) is 0 Å². The van der Waals surface area contributed by atoms with Crippen molar-refractivity contribution < 1.29 is 5.11 Å². The van der Waals surface area contributed by atoms with Gasteiger partial charge in [-0.2, -0.15) is 5.10 Å². The summed E-state index contributed by atoms with van der Waals surface area (Å²) in [7, 11) is 1.93. The van der Waals surface area contributed by atoms with Gasteiger partial charge in [0.2, 0.25) is 0 Å². The molecule has 2 aromatic rings. The first kappa shape index (κ1) is 13.2. The maximum Gasteiger partial charge on any atom is 0.0568 e. The van der Waals surface area contributed by atoms with Crippen LogP contribution in [0.4, 0.5) is 5.69 Å². The predicted molar refractivity (Wildman–Crippen MR) is 81.0 cm³/mol. The number of nitrogens with zero attached hydrogens (tertiary/aromatic N) is 3. The van der Waals surface area contributed by atoms with Gasteiger partial charge in [0.05, 0.1) is 12.8 Å². The highest BCUT2D eigenvalue weighted by Crippen LogP contribution is 2.37. The average Bonchev–Trinajstić information content (AvgIpc) is 2.92. The van der Waals surface area contributed by atoms with Gasteiger partial charge in [-0.3, -0.25) is 4.68 Å². The van der Waals surface area contributed by atoms with Gasteiger partial charge in [-0.25, -0.2) is 0 Å². The largest absolute Gasteiger partial charge is 0.396 e. The van der Waals surface area contributed by atoms with Gasteiger partial charge < -0.3 is 10.0 Å². The van der Waals surface area contributed by atoms with Crippen molar-refractivity contribution in [3.05, 3.63) is 36.2 Å². The summed E-state index contributed by atoms with van der Waals surface area (Å²) < 4.78 is 1.82. The molecule has 1 N–H and O–H groups in total. The van der Waals surface area contributed by atoms with Crippen LogP contribution in [0.15, 0.2) is 30.6 Å². The van der Waals surface area contributed by atoms with Crippen molar-refractivity contribution in [3.8, 4) is 11.1 Å². The van der Waals surface area contributed by atoms with E-state index in [1.54, 1.807) is 0 Å². The van der Waals surface area contributed by atoms with Crippen LogP contribution in [0.1, 0.15) is 24.8 Å². The molecule has 0 aliphatic carbocycles. The van der Waals surface area contributed by atoms with Crippen LogP contribution in [0.5, 0.6) is 0 Å². The van der Waals surface area contributed by atoms with Gasteiger partial charge in [0.25, 0.3) is 0 Å². The second kappa shape index (κ2) is 5.29. The number of aliphatic hydroxyl groups excluding tert-OH is 1. The zero-order chi connectivity index (χ0) is 14.1. The lowest BCUT2D eigenvalue weighted by atomic mass is 9.88. The quantitative estimate of drug-likeness (QED) is 0.932. The predicted octanol–water partition coefficient (Wildman–Crippen LogP) is 2.39. The van der Waals surface area contributed by atoms with Crippen LogP contribution in [0.2, 0.25) is 0 Å². The molecule has 0 bridgehead atoms. The molecular formula is C16H21N3O. The van der Waals surface area contributed by atoms with Crippen molar-refractivity contribution in [1.82, 2.24) is 9.78 Å². The van der Waals surface area contributed by atoms with Crippen LogP contribution in [0.3, 0.4) is 0 Å². The molecule has 20 heavy (non-hydrogen) atoms. The molecule has 1 aromatic heterocycles. The van der Waals surface area contributed by atoms with E-state index in [-0.39, 0.29) is 12.5 Å². The summed E-state index contributed by atoms with van der Waals surface area (Å²) in [6.07, 6.45) is 4.93. The molecule has 1 atom stereocenters. The van der Waals surface area contributed by atoms with E-state index in [0.717, 1.165) is 25.1 Å². The Morgan fingerprint density at radius 3 is 2.85 bits per heavy atom. The zero-order valence-corrected chi connectivity index (χ0v) is 12.1. The highest BCUT2D eigenvalue weighted by atomic mass is 16.3. The lowest BCUT2D eigenvalue weighted by molar-refractivity contribution is 0.257. The van der Waals surface area contributed by atoms with E-state index in [2.05, 4.69) is 35.1 Å². The first-order chi connectivity index (χ1) is 9.72. The van der Waals surface area contributed by atoms with Crippen molar-refractivity contribution >= 4 is 5.69 Å². The number of benzene rings is 1. The first-order valence-electron chi connectivity index (χ1n) is 7.21. The van der Waals surface area contributed by atoms with E-state index < -0.39 is 0 Å². The molecule has 0 unspecified atom stereocenters. The van der Waals surface area contributed by atoms with Gasteiger partial charge in [-0.05, 0) is 36.6 Å². The third-order valence-electron chi connectivity index (χ3n) is 4.20. The number of aromatic nitrogens is 2. The standard InChI is InChI=1S/C16H21N3O/c1-3-19-7-6-13(11-20)15-8-12(4-5-16(15)19)14-9-17-18(2)10-14/h4-5,8-10,13,20H,3,6-7,11H2,1-2H3/t13-/m1/s1. The van der Waals surface area contributed by atoms with Crippen molar-refractivity contribution in [2.75, 3.05) is 24.6 Å². The molecule has 106 valence electrons. The first-order valence-corrected chi connectivity index (χ1v) is 7.21. The molecule has 0 saturated heterocycles. The van der Waals surface area contributed by atoms with Crippen LogP contribution in [0.25, 0.3) is 11.1 Å². The van der Waals surface area contributed by atoms with Crippen molar-refractivity contribution in [3.63, 3.8) is 0 Å². The second-order valence-corrected chi connectivity index (χ2v) is 5.42. The third-order valence-corrected chi connectivity index (χ3v) is 4.20. The fraction of sp³-hybridized carbons (Fsp3) is 0.438. The van der Waals surface area contributed by atoms with Gasteiger partial charge >= 0.3 is 0 Å².